The van der Waals surface area contributed by atoms with Crippen molar-refractivity contribution >= 4 is 12.4 Å². The largest absolute Gasteiger partial charge is 0.317 e. The van der Waals surface area contributed by atoms with Gasteiger partial charge in [-0.1, -0.05) is 12.1 Å². The van der Waals surface area contributed by atoms with Crippen molar-refractivity contribution in [1.82, 2.24) is 10.2 Å². The highest BCUT2D eigenvalue weighted by Gasteiger charge is 2.13. The van der Waals surface area contributed by atoms with Gasteiger partial charge in [-0.15, -0.1) is 12.4 Å². The Bertz CT molecular complexity index is 350. The second-order valence-electron chi connectivity index (χ2n) is 5.35. The smallest absolute Gasteiger partial charge is 0.123 e. The molecule has 0 bridgehead atoms. The normalized spacial score (nSPS) is 16.4. The number of nitrogens with zero attached hydrogens (tertiary/aromatic N) is 1. The zero-order chi connectivity index (χ0) is 12.8. The van der Waals surface area contributed by atoms with Crippen LogP contribution < -0.4 is 5.32 Å². The number of benzene rings is 1. The second-order valence-corrected chi connectivity index (χ2v) is 5.35. The van der Waals surface area contributed by atoms with E-state index in [0.717, 1.165) is 19.0 Å². The fraction of sp³-hybridized carbons (Fsp3) is 0.600. The highest BCUT2D eigenvalue weighted by Crippen LogP contribution is 2.16. The van der Waals surface area contributed by atoms with Gasteiger partial charge in [-0.05, 0) is 69.6 Å². The molecule has 4 heteroatoms. The molecule has 1 aromatic rings. The number of piperidine rings is 1. The first-order chi connectivity index (χ1) is 8.74. The predicted molar refractivity (Wildman–Crippen MR) is 80.2 cm³/mol. The van der Waals surface area contributed by atoms with Gasteiger partial charge in [-0.25, -0.2) is 4.39 Å². The first-order valence-corrected chi connectivity index (χ1v) is 6.88. The monoisotopic (exact) mass is 286 g/mol. The summed E-state index contributed by atoms with van der Waals surface area (Å²) >= 11 is 0. The average molecular weight is 287 g/mol. The van der Waals surface area contributed by atoms with Crippen molar-refractivity contribution in [2.75, 3.05) is 26.7 Å². The van der Waals surface area contributed by atoms with Gasteiger partial charge in [0.2, 0.25) is 0 Å². The van der Waals surface area contributed by atoms with Crippen LogP contribution in [0.3, 0.4) is 0 Å². The van der Waals surface area contributed by atoms with Crippen molar-refractivity contribution in [3.63, 3.8) is 0 Å². The minimum absolute atomic E-state index is 0. The maximum atomic E-state index is 12.8. The molecule has 1 aliphatic rings. The first-order valence-electron chi connectivity index (χ1n) is 6.88. The molecule has 1 aliphatic heterocycles. The maximum absolute atomic E-state index is 12.8. The standard InChI is InChI=1S/C15H23FN2.ClH/c1-18(11-8-13-6-9-17-10-7-13)12-14-2-4-15(16)5-3-14;/h2-5,13,17H,6-12H2,1H3;1H. The van der Waals surface area contributed by atoms with Crippen LogP contribution in [0.5, 0.6) is 0 Å². The summed E-state index contributed by atoms with van der Waals surface area (Å²) in [6.45, 7) is 4.38. The molecule has 1 saturated heterocycles. The zero-order valence-electron chi connectivity index (χ0n) is 11.6. The lowest BCUT2D eigenvalue weighted by Gasteiger charge is -2.25. The van der Waals surface area contributed by atoms with Gasteiger partial charge in [-0.2, -0.15) is 0 Å². The van der Waals surface area contributed by atoms with E-state index in [2.05, 4.69) is 17.3 Å². The molecule has 2 rings (SSSR count). The molecule has 0 aliphatic carbocycles. The molecule has 0 saturated carbocycles. The van der Waals surface area contributed by atoms with E-state index < -0.39 is 0 Å². The van der Waals surface area contributed by atoms with Crippen LogP contribution in [0.2, 0.25) is 0 Å². The van der Waals surface area contributed by atoms with E-state index in [-0.39, 0.29) is 18.2 Å². The fourth-order valence-electron chi connectivity index (χ4n) is 2.55. The molecule has 0 spiro atoms. The Kier molecular flexibility index (Phi) is 7.36. The van der Waals surface area contributed by atoms with Gasteiger partial charge in [0.05, 0.1) is 0 Å². The van der Waals surface area contributed by atoms with Gasteiger partial charge >= 0.3 is 0 Å². The summed E-state index contributed by atoms with van der Waals surface area (Å²) in [6, 6.07) is 6.82. The van der Waals surface area contributed by atoms with E-state index in [9.17, 15) is 4.39 Å². The Hall–Kier alpha value is -0.640. The molecule has 1 N–H and O–H groups in total. The molecule has 1 heterocycles. The molecule has 1 aromatic carbocycles. The Morgan fingerprint density at radius 1 is 1.21 bits per heavy atom. The number of rotatable bonds is 5. The third kappa shape index (κ3) is 5.89. The van der Waals surface area contributed by atoms with Crippen molar-refractivity contribution in [3.8, 4) is 0 Å². The second kappa shape index (κ2) is 8.51. The molecule has 108 valence electrons. The highest BCUT2D eigenvalue weighted by atomic mass is 35.5. The molecular weight excluding hydrogens is 263 g/mol. The summed E-state index contributed by atoms with van der Waals surface area (Å²) in [6.07, 6.45) is 3.90. The van der Waals surface area contributed by atoms with Gasteiger partial charge < -0.3 is 10.2 Å². The van der Waals surface area contributed by atoms with Gasteiger partial charge in [-0.3, -0.25) is 0 Å². The van der Waals surface area contributed by atoms with Crippen molar-refractivity contribution < 1.29 is 4.39 Å². The van der Waals surface area contributed by atoms with E-state index in [1.54, 1.807) is 0 Å². The van der Waals surface area contributed by atoms with Crippen molar-refractivity contribution in [1.29, 1.82) is 0 Å². The Balaban J connectivity index is 0.00000180. The summed E-state index contributed by atoms with van der Waals surface area (Å²) in [4.78, 5) is 2.33. The van der Waals surface area contributed by atoms with Crippen molar-refractivity contribution in [2.45, 2.75) is 25.8 Å². The molecule has 0 unspecified atom stereocenters. The third-order valence-corrected chi connectivity index (χ3v) is 3.74. The summed E-state index contributed by atoms with van der Waals surface area (Å²) < 4.78 is 12.8. The lowest BCUT2D eigenvalue weighted by Crippen LogP contribution is -2.30. The molecule has 0 atom stereocenters. The van der Waals surface area contributed by atoms with Crippen LogP contribution in [0, 0.1) is 11.7 Å². The summed E-state index contributed by atoms with van der Waals surface area (Å²) in [5.74, 6) is 0.720. The molecule has 1 fully saturated rings. The summed E-state index contributed by atoms with van der Waals surface area (Å²) in [5, 5.41) is 3.40. The topological polar surface area (TPSA) is 15.3 Å². The van der Waals surface area contributed by atoms with Crippen LogP contribution >= 0.6 is 12.4 Å². The fourth-order valence-corrected chi connectivity index (χ4v) is 2.55. The SMILES string of the molecule is CN(CCC1CCNCC1)Cc1ccc(F)cc1.Cl. The summed E-state index contributed by atoms with van der Waals surface area (Å²) in [7, 11) is 2.14. The van der Waals surface area contributed by atoms with Crippen LogP contribution in [-0.4, -0.2) is 31.6 Å². The van der Waals surface area contributed by atoms with Crippen LogP contribution in [0.1, 0.15) is 24.8 Å². The molecule has 2 nitrogen and oxygen atoms in total. The lowest BCUT2D eigenvalue weighted by atomic mass is 9.94. The highest BCUT2D eigenvalue weighted by molar-refractivity contribution is 5.85. The third-order valence-electron chi connectivity index (χ3n) is 3.74. The van der Waals surface area contributed by atoms with Crippen LogP contribution in [0.25, 0.3) is 0 Å². The lowest BCUT2D eigenvalue weighted by molar-refractivity contribution is 0.266. The Morgan fingerprint density at radius 3 is 2.47 bits per heavy atom. The Morgan fingerprint density at radius 2 is 1.84 bits per heavy atom. The molecular formula is C15H24ClFN2. The van der Waals surface area contributed by atoms with E-state index in [4.69, 9.17) is 0 Å². The predicted octanol–water partition coefficient (Wildman–Crippen LogP) is 3.07. The minimum Gasteiger partial charge on any atom is -0.317 e. The number of hydrogen-bond acceptors (Lipinski definition) is 2. The number of nitrogens with one attached hydrogen (secondary N) is 1. The molecule has 0 aromatic heterocycles. The number of halogens is 2. The average Bonchev–Trinajstić information content (AvgIpc) is 2.40. The van der Waals surface area contributed by atoms with Crippen molar-refractivity contribution in [3.05, 3.63) is 35.6 Å². The Labute approximate surface area is 121 Å². The zero-order valence-corrected chi connectivity index (χ0v) is 12.4. The first kappa shape index (κ1) is 16.4. The van der Waals surface area contributed by atoms with Gasteiger partial charge in [0.25, 0.3) is 0 Å². The van der Waals surface area contributed by atoms with E-state index >= 15 is 0 Å². The quantitative estimate of drug-likeness (QED) is 0.895. The number of hydrogen-bond donors (Lipinski definition) is 1. The molecule has 0 amide bonds. The van der Waals surface area contributed by atoms with Gasteiger partial charge in [0, 0.05) is 6.54 Å². The van der Waals surface area contributed by atoms with Crippen LogP contribution in [0.15, 0.2) is 24.3 Å². The van der Waals surface area contributed by atoms with Gasteiger partial charge in [0.1, 0.15) is 5.82 Å². The van der Waals surface area contributed by atoms with Crippen LogP contribution in [0.4, 0.5) is 4.39 Å². The maximum Gasteiger partial charge on any atom is 0.123 e. The molecule has 0 radical (unpaired) electrons. The van der Waals surface area contributed by atoms with E-state index in [1.807, 2.05) is 12.1 Å². The molecule has 19 heavy (non-hydrogen) atoms. The summed E-state index contributed by atoms with van der Waals surface area (Å²) in [5.41, 5.74) is 1.18. The van der Waals surface area contributed by atoms with Gasteiger partial charge in [0.15, 0.2) is 0 Å². The van der Waals surface area contributed by atoms with Crippen molar-refractivity contribution in [2.24, 2.45) is 5.92 Å². The van der Waals surface area contributed by atoms with Crippen LogP contribution in [-0.2, 0) is 6.54 Å². The van der Waals surface area contributed by atoms with E-state index in [0.29, 0.717) is 0 Å². The van der Waals surface area contributed by atoms with E-state index in [1.165, 1.54) is 50.0 Å². The minimum atomic E-state index is -0.156.